The number of aliphatic hydroxyl groups is 2. The molecule has 0 radical (unpaired) electrons. The van der Waals surface area contributed by atoms with Crippen LogP contribution in [-0.2, 0) is 56.0 Å². The molecule has 2 aromatic carbocycles. The number of hydrogen-bond donors (Lipinski definition) is 13. The van der Waals surface area contributed by atoms with Crippen LogP contribution in [0, 0.1) is 0 Å². The van der Waals surface area contributed by atoms with Crippen molar-refractivity contribution >= 4 is 65.1 Å². The topological polar surface area (TPSA) is 439 Å². The molecule has 2 aromatic rings. The van der Waals surface area contributed by atoms with Gasteiger partial charge in [0.15, 0.2) is 11.9 Å². The van der Waals surface area contributed by atoms with Crippen LogP contribution >= 0.6 is 0 Å². The average molecular weight is 1080 g/mol. The van der Waals surface area contributed by atoms with E-state index in [4.69, 9.17) is 28.7 Å². The maximum atomic E-state index is 14.4. The van der Waals surface area contributed by atoms with Crippen molar-refractivity contribution in [3.05, 3.63) is 71.8 Å². The largest absolute Gasteiger partial charge is 0.480 e. The molecule has 5 rings (SSSR count). The van der Waals surface area contributed by atoms with Crippen molar-refractivity contribution in [3.8, 4) is 0 Å². The van der Waals surface area contributed by atoms with Crippen LogP contribution in [0.3, 0.4) is 0 Å². The minimum atomic E-state index is -1.70. The molecular formula is C50H73N15O12. The zero-order valence-electron chi connectivity index (χ0n) is 42.8. The second kappa shape index (κ2) is 29.4. The maximum Gasteiger partial charge on any atom is 0.326 e. The van der Waals surface area contributed by atoms with Crippen LogP contribution in [0.5, 0.6) is 0 Å². The number of rotatable bonds is 27. The lowest BCUT2D eigenvalue weighted by atomic mass is 10.0. The fourth-order valence-electron chi connectivity index (χ4n) is 9.55. The Labute approximate surface area is 445 Å². The molecule has 27 heteroatoms. The van der Waals surface area contributed by atoms with Crippen LogP contribution in [0.15, 0.2) is 70.6 Å². The van der Waals surface area contributed by atoms with Crippen LogP contribution in [0.1, 0.15) is 68.9 Å². The molecule has 8 amide bonds. The van der Waals surface area contributed by atoms with Crippen LogP contribution in [0.25, 0.3) is 0 Å². The zero-order valence-corrected chi connectivity index (χ0v) is 42.8. The number of aliphatic carboxylic acids is 1. The Morgan fingerprint density at radius 2 is 1.17 bits per heavy atom. The van der Waals surface area contributed by atoms with Crippen molar-refractivity contribution in [3.63, 3.8) is 0 Å². The van der Waals surface area contributed by atoms with E-state index in [0.717, 1.165) is 4.90 Å². The number of amides is 8. The van der Waals surface area contributed by atoms with Crippen molar-refractivity contribution in [2.45, 2.75) is 125 Å². The Hall–Kier alpha value is -7.91. The summed E-state index contributed by atoms with van der Waals surface area (Å²) in [4.78, 5) is 134. The summed E-state index contributed by atoms with van der Waals surface area (Å²) in [6.07, 6.45) is 0.871. The third-order valence-electron chi connectivity index (χ3n) is 13.4. The van der Waals surface area contributed by atoms with Gasteiger partial charge in [-0.2, -0.15) is 0 Å². The first-order valence-electron chi connectivity index (χ1n) is 25.6. The van der Waals surface area contributed by atoms with E-state index in [-0.39, 0.29) is 76.6 Å². The number of carboxylic acid groups (broad SMARTS) is 1. The number of likely N-dealkylation sites (tertiary alicyclic amines) is 3. The molecule has 0 bridgehead atoms. The Morgan fingerprint density at radius 1 is 0.623 bits per heavy atom. The third kappa shape index (κ3) is 17.8. The highest BCUT2D eigenvalue weighted by Crippen LogP contribution is 2.26. The van der Waals surface area contributed by atoms with Gasteiger partial charge in [0.05, 0.1) is 25.3 Å². The molecule has 77 heavy (non-hydrogen) atoms. The first-order valence-corrected chi connectivity index (χ1v) is 25.6. The lowest BCUT2D eigenvalue weighted by Crippen LogP contribution is -2.60. The molecule has 3 heterocycles. The van der Waals surface area contributed by atoms with Gasteiger partial charge in [-0.25, -0.2) is 4.79 Å². The number of guanidine groups is 2. The van der Waals surface area contributed by atoms with E-state index in [1.807, 2.05) is 0 Å². The molecule has 3 saturated heterocycles. The average Bonchev–Trinajstić information content (AvgIpc) is 4.20. The van der Waals surface area contributed by atoms with Gasteiger partial charge in [-0.3, -0.25) is 48.3 Å². The van der Waals surface area contributed by atoms with Crippen LogP contribution < -0.4 is 55.3 Å². The van der Waals surface area contributed by atoms with E-state index < -0.39 is 121 Å². The quantitative estimate of drug-likeness (QED) is 0.0226. The molecular weight excluding hydrogens is 1000 g/mol. The number of nitrogens with one attached hydrogen (secondary N) is 5. The third-order valence-corrected chi connectivity index (χ3v) is 13.4. The van der Waals surface area contributed by atoms with E-state index in [2.05, 4.69) is 36.6 Å². The summed E-state index contributed by atoms with van der Waals surface area (Å²) in [5, 5.41) is 43.6. The summed E-state index contributed by atoms with van der Waals surface area (Å²) >= 11 is 0. The molecule has 0 unspecified atom stereocenters. The Kier molecular flexibility index (Phi) is 22.9. The number of nitrogens with zero attached hydrogens (tertiary/aromatic N) is 5. The van der Waals surface area contributed by atoms with Gasteiger partial charge in [0, 0.05) is 52.0 Å². The minimum absolute atomic E-state index is 0.0636. The number of carbonyl (C=O) groups excluding carboxylic acids is 8. The maximum absolute atomic E-state index is 14.4. The fraction of sp³-hybridized carbons (Fsp3) is 0.540. The number of carbonyl (C=O) groups is 9. The lowest BCUT2D eigenvalue weighted by molar-refractivity contribution is -0.147. The molecule has 0 spiro atoms. The Bertz CT molecular complexity index is 2440. The van der Waals surface area contributed by atoms with Gasteiger partial charge in [-0.05, 0) is 62.5 Å². The summed E-state index contributed by atoms with van der Waals surface area (Å²) in [5.41, 5.74) is 28.8. The zero-order chi connectivity index (χ0) is 56.2. The van der Waals surface area contributed by atoms with Gasteiger partial charge >= 0.3 is 5.97 Å². The molecule has 0 aliphatic carbocycles. The molecule has 3 aliphatic rings. The predicted octanol–water partition coefficient (Wildman–Crippen LogP) is -5.02. The number of aliphatic hydroxyl groups excluding tert-OH is 2. The molecule has 27 nitrogen and oxygen atoms in total. The summed E-state index contributed by atoms with van der Waals surface area (Å²) in [5.74, 6) is -7.52. The monoisotopic (exact) mass is 1080 g/mol. The van der Waals surface area contributed by atoms with Crippen molar-refractivity contribution in [1.29, 1.82) is 0 Å². The molecule has 3 aliphatic heterocycles. The summed E-state index contributed by atoms with van der Waals surface area (Å²) in [6.45, 7) is -1.01. The fourth-order valence-corrected chi connectivity index (χ4v) is 9.55. The highest BCUT2D eigenvalue weighted by atomic mass is 16.4. The van der Waals surface area contributed by atoms with Crippen LogP contribution in [0.4, 0.5) is 0 Å². The van der Waals surface area contributed by atoms with Gasteiger partial charge in [-0.1, -0.05) is 60.7 Å². The number of nitrogens with two attached hydrogens (primary N) is 5. The number of carboxylic acids is 1. The lowest BCUT2D eigenvalue weighted by Gasteiger charge is -2.32. The first kappa shape index (κ1) is 60.0. The smallest absolute Gasteiger partial charge is 0.326 e. The van der Waals surface area contributed by atoms with E-state index >= 15 is 0 Å². The summed E-state index contributed by atoms with van der Waals surface area (Å²) < 4.78 is 0. The van der Waals surface area contributed by atoms with Crippen molar-refractivity contribution < 1.29 is 58.5 Å². The van der Waals surface area contributed by atoms with E-state index in [0.29, 0.717) is 49.8 Å². The first-order chi connectivity index (χ1) is 36.8. The van der Waals surface area contributed by atoms with E-state index in [1.54, 1.807) is 60.7 Å². The summed E-state index contributed by atoms with van der Waals surface area (Å²) in [7, 11) is 0. The molecule has 420 valence electrons. The SMILES string of the molecule is NC(N)=NCCC[C@H](NC(=O)[C@@H]1C[C@@H](O)CN1C(=O)[C@@H](Cc1ccccc1)NC(=O)[C@H](CO)NC(=O)[C@H](Cc1ccccc1)NC(=O)CNC(=O)[C@@H]1CCCN1C(=O)[C@@H]1CCCN1C(=O)[C@@H](N)CCCN=C(N)N)C(=O)O. The molecule has 18 N–H and O–H groups in total. The summed E-state index contributed by atoms with van der Waals surface area (Å²) in [6, 6.07) is 7.05. The standard InChI is InChI=1S/C50H73N15O12/c51-32(15-7-19-56-49(52)53)45(73)64-22-10-18-38(64)47(75)63-21-9-17-37(63)43(71)58-26-40(68)59-34(23-29-11-3-1-4-12-29)41(69)62-36(28-66)42(70)61-35(24-30-13-5-2-6-14-30)46(74)65-27-31(67)25-39(65)44(72)60-33(48(76)77)16-8-20-57-50(54)55/h1-6,11-14,31-39,66-67H,7-10,15-28,51H2,(H,58,71)(H,59,68)(H,60,72)(H,61,70)(H,62,69)(H,76,77)(H4,52,53,56)(H4,54,55,57)/t31-,32+,33+,34+,35-,36+,37+,38+,39+/m1/s1. The highest BCUT2D eigenvalue weighted by Gasteiger charge is 2.45. The van der Waals surface area contributed by atoms with Gasteiger partial charge in [0.25, 0.3) is 0 Å². The van der Waals surface area contributed by atoms with Gasteiger partial charge in [0.1, 0.15) is 42.3 Å². The molecule has 3 fully saturated rings. The number of benzene rings is 2. The predicted molar refractivity (Wildman–Crippen MR) is 279 cm³/mol. The van der Waals surface area contributed by atoms with E-state index in [1.165, 1.54) is 9.80 Å². The highest BCUT2D eigenvalue weighted by molar-refractivity contribution is 5.98. The number of aliphatic imine (C=N–C) groups is 2. The van der Waals surface area contributed by atoms with E-state index in [9.17, 15) is 58.5 Å². The van der Waals surface area contributed by atoms with Crippen molar-refractivity contribution in [2.75, 3.05) is 45.9 Å². The Balaban J connectivity index is 1.24. The van der Waals surface area contributed by atoms with Crippen molar-refractivity contribution in [1.82, 2.24) is 41.3 Å². The van der Waals surface area contributed by atoms with Gasteiger partial charge in [0.2, 0.25) is 47.3 Å². The minimum Gasteiger partial charge on any atom is -0.480 e. The normalized spacial score (nSPS) is 19.9. The molecule has 0 aromatic heterocycles. The second-order valence-corrected chi connectivity index (χ2v) is 19.2. The van der Waals surface area contributed by atoms with Gasteiger partial charge in [-0.15, -0.1) is 0 Å². The van der Waals surface area contributed by atoms with Crippen molar-refractivity contribution in [2.24, 2.45) is 38.7 Å². The number of β-amino-alcohol motifs (C(OH)–C–C–N with tert-alkyl or cyclic N) is 1. The van der Waals surface area contributed by atoms with Crippen LogP contribution in [0.2, 0.25) is 0 Å². The number of hydrogen-bond acceptors (Lipinski definition) is 14. The second-order valence-electron chi connectivity index (χ2n) is 19.2. The molecule has 9 atom stereocenters. The van der Waals surface area contributed by atoms with Gasteiger partial charge < -0.3 is 85.3 Å². The molecule has 0 saturated carbocycles. The van der Waals surface area contributed by atoms with Crippen LogP contribution in [-0.4, -0.2) is 195 Å². The Morgan fingerprint density at radius 3 is 1.75 bits per heavy atom.